The molecule has 3 N–H and O–H groups in total. The highest BCUT2D eigenvalue weighted by atomic mass is 16.5. The van der Waals surface area contributed by atoms with E-state index in [1.807, 2.05) is 0 Å². The fraction of sp³-hybridized carbons (Fsp3) is 0.920. The van der Waals surface area contributed by atoms with E-state index in [4.69, 9.17) is 4.74 Å². The lowest BCUT2D eigenvalue weighted by Crippen LogP contribution is -2.45. The first-order valence-corrected chi connectivity index (χ1v) is 37.1. The van der Waals surface area contributed by atoms with Crippen molar-refractivity contribution in [1.82, 2.24) is 5.32 Å². The van der Waals surface area contributed by atoms with Crippen LogP contribution in [-0.2, 0) is 14.3 Å². The molecule has 0 aromatic rings. The Bertz CT molecular complexity index is 1270. The number of amides is 1. The molecule has 0 saturated carbocycles. The minimum atomic E-state index is -0.667. The standard InChI is InChI=1S/C75H145NO5/c1-3-5-7-9-11-13-15-17-19-21-32-35-39-43-47-51-55-59-63-67-73(78)72(71-77)76-74(79)68-64-60-56-52-48-44-40-36-33-30-28-26-24-23-25-27-29-31-34-38-42-46-50-54-58-62-66-70-81-75(80)69-65-61-57-53-49-45-41-37-22-20-18-16-14-12-10-8-6-4-2/h23-24,27,29,72-73,77-78H,3-22,25-26,28,30-71H2,1-2H3,(H,76,79)/b24-23-,29-27-. The first-order valence-electron chi connectivity index (χ1n) is 37.1. The molecule has 480 valence electrons. The Morgan fingerprint density at radius 1 is 0.346 bits per heavy atom. The van der Waals surface area contributed by atoms with Crippen LogP contribution in [0.4, 0.5) is 0 Å². The van der Waals surface area contributed by atoms with Gasteiger partial charge in [-0.05, 0) is 57.8 Å². The molecular weight excluding hydrogens is 995 g/mol. The third-order valence-corrected chi connectivity index (χ3v) is 17.5. The van der Waals surface area contributed by atoms with Crippen molar-refractivity contribution < 1.29 is 24.5 Å². The highest BCUT2D eigenvalue weighted by Gasteiger charge is 2.20. The Labute approximate surface area is 507 Å². The van der Waals surface area contributed by atoms with Gasteiger partial charge in [-0.25, -0.2) is 0 Å². The van der Waals surface area contributed by atoms with E-state index in [0.29, 0.717) is 25.9 Å². The van der Waals surface area contributed by atoms with E-state index in [-0.39, 0.29) is 18.5 Å². The molecule has 1 amide bonds. The van der Waals surface area contributed by atoms with E-state index in [1.54, 1.807) is 0 Å². The van der Waals surface area contributed by atoms with Gasteiger partial charge in [0.15, 0.2) is 0 Å². The van der Waals surface area contributed by atoms with Crippen molar-refractivity contribution in [2.24, 2.45) is 0 Å². The molecular formula is C75H145NO5. The Morgan fingerprint density at radius 2 is 0.617 bits per heavy atom. The van der Waals surface area contributed by atoms with E-state index in [2.05, 4.69) is 43.5 Å². The average molecular weight is 1140 g/mol. The summed E-state index contributed by atoms with van der Waals surface area (Å²) in [6, 6.07) is -0.545. The van der Waals surface area contributed by atoms with E-state index < -0.39 is 12.1 Å². The maximum absolute atomic E-state index is 12.5. The highest BCUT2D eigenvalue weighted by Crippen LogP contribution is 2.19. The van der Waals surface area contributed by atoms with Crippen molar-refractivity contribution >= 4 is 11.9 Å². The zero-order valence-electron chi connectivity index (χ0n) is 55.0. The third-order valence-electron chi connectivity index (χ3n) is 17.5. The number of allylic oxidation sites excluding steroid dienone is 4. The lowest BCUT2D eigenvalue weighted by atomic mass is 10.0. The predicted octanol–water partition coefficient (Wildman–Crippen LogP) is 24.1. The number of hydrogen-bond acceptors (Lipinski definition) is 5. The van der Waals surface area contributed by atoms with Crippen LogP contribution in [0.3, 0.4) is 0 Å². The summed E-state index contributed by atoms with van der Waals surface area (Å²) in [6.07, 6.45) is 89.5. The molecule has 2 unspecified atom stereocenters. The van der Waals surface area contributed by atoms with Crippen LogP contribution in [0, 0.1) is 0 Å². The third kappa shape index (κ3) is 67.3. The average Bonchev–Trinajstić information content (AvgIpc) is 3.47. The second-order valence-electron chi connectivity index (χ2n) is 25.6. The van der Waals surface area contributed by atoms with Crippen LogP contribution in [0.1, 0.15) is 418 Å². The first-order chi connectivity index (χ1) is 40.0. The smallest absolute Gasteiger partial charge is 0.305 e. The van der Waals surface area contributed by atoms with Gasteiger partial charge in [0.2, 0.25) is 5.91 Å². The van der Waals surface area contributed by atoms with E-state index in [0.717, 1.165) is 44.9 Å². The molecule has 0 fully saturated rings. The zero-order valence-corrected chi connectivity index (χ0v) is 55.0. The van der Waals surface area contributed by atoms with Gasteiger partial charge in [0, 0.05) is 12.8 Å². The lowest BCUT2D eigenvalue weighted by Gasteiger charge is -2.22. The summed E-state index contributed by atoms with van der Waals surface area (Å²) in [6.45, 7) is 5.00. The number of nitrogens with one attached hydrogen (secondary N) is 1. The second kappa shape index (κ2) is 70.8. The summed E-state index contributed by atoms with van der Waals surface area (Å²) in [5, 5.41) is 23.4. The number of esters is 1. The zero-order chi connectivity index (χ0) is 58.5. The summed E-state index contributed by atoms with van der Waals surface area (Å²) in [7, 11) is 0. The van der Waals surface area contributed by atoms with Crippen LogP contribution < -0.4 is 5.32 Å². The number of ether oxygens (including phenoxy) is 1. The number of carbonyl (C=O) groups excluding carboxylic acids is 2. The Balaban J connectivity index is 3.40. The quantitative estimate of drug-likeness (QED) is 0.0320. The van der Waals surface area contributed by atoms with Crippen LogP contribution in [0.5, 0.6) is 0 Å². The number of aliphatic hydroxyl groups is 2. The monoisotopic (exact) mass is 1140 g/mol. The highest BCUT2D eigenvalue weighted by molar-refractivity contribution is 5.76. The molecule has 0 heterocycles. The summed E-state index contributed by atoms with van der Waals surface area (Å²) in [4.78, 5) is 24.7. The molecule has 0 aliphatic rings. The number of rotatable bonds is 70. The normalized spacial score (nSPS) is 12.6. The molecule has 0 bridgehead atoms. The number of aliphatic hydroxyl groups excluding tert-OH is 2. The van der Waals surface area contributed by atoms with Crippen LogP contribution in [-0.4, -0.2) is 47.4 Å². The van der Waals surface area contributed by atoms with Crippen molar-refractivity contribution in [2.45, 2.75) is 431 Å². The van der Waals surface area contributed by atoms with E-state index in [1.165, 1.54) is 340 Å². The first kappa shape index (κ1) is 79.3. The van der Waals surface area contributed by atoms with Crippen molar-refractivity contribution in [3.05, 3.63) is 24.3 Å². The van der Waals surface area contributed by atoms with Gasteiger partial charge < -0.3 is 20.3 Å². The minimum absolute atomic E-state index is 0.0160. The topological polar surface area (TPSA) is 95.9 Å². The maximum atomic E-state index is 12.5. The summed E-state index contributed by atoms with van der Waals surface area (Å²) < 4.78 is 5.51. The van der Waals surface area contributed by atoms with Gasteiger partial charge in [-0.15, -0.1) is 0 Å². The molecule has 0 rings (SSSR count). The van der Waals surface area contributed by atoms with Gasteiger partial charge in [-0.1, -0.05) is 372 Å². The molecule has 0 aromatic carbocycles. The van der Waals surface area contributed by atoms with Crippen molar-refractivity contribution in [3.63, 3.8) is 0 Å². The van der Waals surface area contributed by atoms with Gasteiger partial charge in [0.05, 0.1) is 25.4 Å². The van der Waals surface area contributed by atoms with Crippen LogP contribution in [0.15, 0.2) is 24.3 Å². The minimum Gasteiger partial charge on any atom is -0.466 e. The van der Waals surface area contributed by atoms with Gasteiger partial charge in [0.1, 0.15) is 0 Å². The van der Waals surface area contributed by atoms with Crippen LogP contribution in [0.2, 0.25) is 0 Å². The Morgan fingerprint density at radius 3 is 0.938 bits per heavy atom. The van der Waals surface area contributed by atoms with E-state index in [9.17, 15) is 19.8 Å². The van der Waals surface area contributed by atoms with Crippen LogP contribution >= 0.6 is 0 Å². The SMILES string of the molecule is CCCCCCCCCCCCCCCCCCCCCC(O)C(CO)NC(=O)CCCCCCCCCCCCC/C=C\C/C=C\CCCCCCCCCCCOC(=O)CCCCCCCCCCCCCCCCCCCC. The van der Waals surface area contributed by atoms with Crippen molar-refractivity contribution in [2.75, 3.05) is 13.2 Å². The van der Waals surface area contributed by atoms with E-state index >= 15 is 0 Å². The molecule has 0 spiro atoms. The fourth-order valence-electron chi connectivity index (χ4n) is 11.9. The fourth-order valence-corrected chi connectivity index (χ4v) is 11.9. The maximum Gasteiger partial charge on any atom is 0.305 e. The Kier molecular flexibility index (Phi) is 69.4. The van der Waals surface area contributed by atoms with Gasteiger partial charge in [0.25, 0.3) is 0 Å². The number of unbranched alkanes of at least 4 members (excludes halogenated alkanes) is 55. The van der Waals surface area contributed by atoms with Gasteiger partial charge in [-0.2, -0.15) is 0 Å². The Hall–Kier alpha value is -1.66. The molecule has 0 aromatic heterocycles. The second-order valence-corrected chi connectivity index (χ2v) is 25.6. The largest absolute Gasteiger partial charge is 0.466 e. The summed E-state index contributed by atoms with van der Waals surface area (Å²) >= 11 is 0. The van der Waals surface area contributed by atoms with Crippen LogP contribution in [0.25, 0.3) is 0 Å². The molecule has 6 nitrogen and oxygen atoms in total. The van der Waals surface area contributed by atoms with Crippen molar-refractivity contribution in [3.8, 4) is 0 Å². The van der Waals surface area contributed by atoms with Gasteiger partial charge in [-0.3, -0.25) is 9.59 Å². The predicted molar refractivity (Wildman–Crippen MR) is 356 cm³/mol. The number of hydrogen-bond donors (Lipinski definition) is 3. The molecule has 0 radical (unpaired) electrons. The van der Waals surface area contributed by atoms with Gasteiger partial charge >= 0.3 is 5.97 Å². The summed E-state index contributed by atoms with van der Waals surface area (Å²) in [5.41, 5.74) is 0. The molecule has 0 aliphatic heterocycles. The molecule has 6 heteroatoms. The molecule has 0 aliphatic carbocycles. The lowest BCUT2D eigenvalue weighted by molar-refractivity contribution is -0.143. The molecule has 2 atom stereocenters. The number of carbonyl (C=O) groups is 2. The molecule has 81 heavy (non-hydrogen) atoms. The summed E-state index contributed by atoms with van der Waals surface area (Å²) in [5.74, 6) is -0.0179. The molecule has 0 saturated heterocycles. The van der Waals surface area contributed by atoms with Crippen molar-refractivity contribution in [1.29, 1.82) is 0 Å².